The summed E-state index contributed by atoms with van der Waals surface area (Å²) in [6, 6.07) is 8.32. The van der Waals surface area contributed by atoms with Crippen LogP contribution in [0.15, 0.2) is 24.3 Å². The molecule has 1 aliphatic rings. The van der Waals surface area contributed by atoms with Crippen molar-refractivity contribution in [1.29, 1.82) is 0 Å². The minimum absolute atomic E-state index is 0.195. The molecule has 1 aromatic carbocycles. The van der Waals surface area contributed by atoms with Gasteiger partial charge in [-0.05, 0) is 58.3 Å². The molecule has 1 saturated heterocycles. The summed E-state index contributed by atoms with van der Waals surface area (Å²) in [5, 5.41) is 3.18. The highest BCUT2D eigenvalue weighted by molar-refractivity contribution is 5.94. The van der Waals surface area contributed by atoms with Gasteiger partial charge in [0.25, 0.3) is 5.91 Å². The van der Waals surface area contributed by atoms with E-state index in [2.05, 4.69) is 10.2 Å². The number of piperidine rings is 1. The van der Waals surface area contributed by atoms with Gasteiger partial charge in [0.1, 0.15) is 0 Å². The highest BCUT2D eigenvalue weighted by Gasteiger charge is 2.26. The van der Waals surface area contributed by atoms with Gasteiger partial charge >= 0.3 is 0 Å². The van der Waals surface area contributed by atoms with Crippen LogP contribution >= 0.6 is 0 Å². The number of hydrogen-bond acceptors (Lipinski definition) is 2. The Balaban J connectivity index is 2.08. The number of carbonyl (C=O) groups is 1. The van der Waals surface area contributed by atoms with Gasteiger partial charge in [0, 0.05) is 18.2 Å². The van der Waals surface area contributed by atoms with Crippen molar-refractivity contribution in [1.82, 2.24) is 10.2 Å². The fourth-order valence-corrected chi connectivity index (χ4v) is 2.74. The van der Waals surface area contributed by atoms with E-state index in [-0.39, 0.29) is 5.91 Å². The van der Waals surface area contributed by atoms with E-state index < -0.39 is 0 Å². The molecular weight excluding hydrogens is 236 g/mol. The lowest BCUT2D eigenvalue weighted by Gasteiger charge is -2.36. The van der Waals surface area contributed by atoms with Crippen LogP contribution in [-0.2, 0) is 0 Å². The molecule has 19 heavy (non-hydrogen) atoms. The van der Waals surface area contributed by atoms with E-state index in [1.54, 1.807) is 0 Å². The number of nitrogens with zero attached hydrogens (tertiary/aromatic N) is 1. The summed E-state index contributed by atoms with van der Waals surface area (Å²) in [5.41, 5.74) is 2.02. The molecule has 0 spiro atoms. The second-order valence-electron chi connectivity index (χ2n) is 5.41. The molecule has 1 atom stereocenters. The lowest BCUT2D eigenvalue weighted by atomic mass is 9.98. The molecule has 0 aromatic heterocycles. The van der Waals surface area contributed by atoms with Crippen LogP contribution in [0.4, 0.5) is 0 Å². The second kappa shape index (κ2) is 6.71. The molecule has 1 fully saturated rings. The number of hydrogen-bond donors (Lipinski definition) is 1. The molecule has 1 amide bonds. The summed E-state index contributed by atoms with van der Waals surface area (Å²) >= 11 is 0. The summed E-state index contributed by atoms with van der Waals surface area (Å²) in [6.45, 7) is 3.92. The van der Waals surface area contributed by atoms with E-state index in [1.165, 1.54) is 12.0 Å². The summed E-state index contributed by atoms with van der Waals surface area (Å²) < 4.78 is 0. The molecular formula is C16H24N2O. The maximum absolute atomic E-state index is 12.6. The van der Waals surface area contributed by atoms with Crippen LogP contribution in [0.25, 0.3) is 0 Å². The molecule has 3 nitrogen and oxygen atoms in total. The first kappa shape index (κ1) is 14.1. The van der Waals surface area contributed by atoms with Gasteiger partial charge in [0.05, 0.1) is 0 Å². The Hall–Kier alpha value is -1.35. The molecule has 104 valence electrons. The van der Waals surface area contributed by atoms with Crippen LogP contribution in [0.3, 0.4) is 0 Å². The Labute approximate surface area is 116 Å². The summed E-state index contributed by atoms with van der Waals surface area (Å²) in [7, 11) is 1.97. The quantitative estimate of drug-likeness (QED) is 0.902. The van der Waals surface area contributed by atoms with E-state index in [1.807, 2.05) is 38.2 Å². The number of likely N-dealkylation sites (tertiary alicyclic amines) is 1. The Bertz CT molecular complexity index is 413. The number of rotatable bonds is 4. The highest BCUT2D eigenvalue weighted by Crippen LogP contribution is 2.21. The van der Waals surface area contributed by atoms with E-state index in [9.17, 15) is 4.79 Å². The Morgan fingerprint density at radius 1 is 1.32 bits per heavy atom. The van der Waals surface area contributed by atoms with E-state index >= 15 is 0 Å². The molecule has 1 unspecified atom stereocenters. The third-order valence-electron chi connectivity index (χ3n) is 3.91. The number of aryl methyl sites for hydroxylation is 1. The Morgan fingerprint density at radius 2 is 2.05 bits per heavy atom. The van der Waals surface area contributed by atoms with Gasteiger partial charge in [-0.15, -0.1) is 0 Å². The predicted molar refractivity (Wildman–Crippen MR) is 78.4 cm³/mol. The van der Waals surface area contributed by atoms with Crippen LogP contribution in [-0.4, -0.2) is 37.0 Å². The molecule has 0 aliphatic carbocycles. The minimum atomic E-state index is 0.195. The van der Waals surface area contributed by atoms with Crippen LogP contribution < -0.4 is 5.32 Å². The first-order valence-corrected chi connectivity index (χ1v) is 7.24. The molecule has 0 saturated carbocycles. The summed E-state index contributed by atoms with van der Waals surface area (Å²) in [6.07, 6.45) is 4.56. The Kier molecular flexibility index (Phi) is 4.97. The van der Waals surface area contributed by atoms with Crippen molar-refractivity contribution in [2.45, 2.75) is 38.6 Å². The number of benzene rings is 1. The van der Waals surface area contributed by atoms with Crippen molar-refractivity contribution < 1.29 is 4.79 Å². The first-order chi connectivity index (χ1) is 9.22. The third-order valence-corrected chi connectivity index (χ3v) is 3.91. The van der Waals surface area contributed by atoms with Crippen LogP contribution in [0, 0.1) is 6.92 Å². The van der Waals surface area contributed by atoms with Gasteiger partial charge in [0.2, 0.25) is 0 Å². The lowest BCUT2D eigenvalue weighted by Crippen LogP contribution is -2.44. The fourth-order valence-electron chi connectivity index (χ4n) is 2.74. The van der Waals surface area contributed by atoms with E-state index in [0.29, 0.717) is 6.04 Å². The zero-order valence-electron chi connectivity index (χ0n) is 12.0. The van der Waals surface area contributed by atoms with E-state index in [4.69, 9.17) is 0 Å². The standard InChI is InChI=1S/C16H24N2O/c1-13-6-8-14(9-7-13)16(19)18-12-4-3-5-15(18)10-11-17-2/h6-9,15,17H,3-5,10-12H2,1-2H3. The van der Waals surface area contributed by atoms with Gasteiger partial charge in [0.15, 0.2) is 0 Å². The zero-order chi connectivity index (χ0) is 13.7. The van der Waals surface area contributed by atoms with Gasteiger partial charge in [-0.3, -0.25) is 4.79 Å². The highest BCUT2D eigenvalue weighted by atomic mass is 16.2. The normalized spacial score (nSPS) is 19.5. The first-order valence-electron chi connectivity index (χ1n) is 7.24. The third kappa shape index (κ3) is 3.57. The van der Waals surface area contributed by atoms with Crippen molar-refractivity contribution in [3.05, 3.63) is 35.4 Å². The Morgan fingerprint density at radius 3 is 2.74 bits per heavy atom. The summed E-state index contributed by atoms with van der Waals surface area (Å²) in [4.78, 5) is 14.7. The van der Waals surface area contributed by atoms with Gasteiger partial charge < -0.3 is 10.2 Å². The molecule has 1 aromatic rings. The van der Waals surface area contributed by atoms with Crippen molar-refractivity contribution >= 4 is 5.91 Å². The van der Waals surface area contributed by atoms with E-state index in [0.717, 1.165) is 37.9 Å². The van der Waals surface area contributed by atoms with Crippen molar-refractivity contribution in [2.24, 2.45) is 0 Å². The maximum atomic E-state index is 12.6. The number of carbonyl (C=O) groups excluding carboxylic acids is 1. The fraction of sp³-hybridized carbons (Fsp3) is 0.562. The van der Waals surface area contributed by atoms with Gasteiger partial charge in [-0.2, -0.15) is 0 Å². The molecule has 1 N–H and O–H groups in total. The number of amides is 1. The van der Waals surface area contributed by atoms with Gasteiger partial charge in [-0.1, -0.05) is 17.7 Å². The monoisotopic (exact) mass is 260 g/mol. The van der Waals surface area contributed by atoms with Crippen LogP contribution in [0.2, 0.25) is 0 Å². The topological polar surface area (TPSA) is 32.3 Å². The maximum Gasteiger partial charge on any atom is 0.254 e. The van der Waals surface area contributed by atoms with Crippen LogP contribution in [0.5, 0.6) is 0 Å². The second-order valence-corrected chi connectivity index (χ2v) is 5.41. The number of nitrogens with one attached hydrogen (secondary N) is 1. The minimum Gasteiger partial charge on any atom is -0.336 e. The smallest absolute Gasteiger partial charge is 0.254 e. The van der Waals surface area contributed by atoms with Crippen molar-refractivity contribution in [2.75, 3.05) is 20.1 Å². The van der Waals surface area contributed by atoms with Crippen molar-refractivity contribution in [3.63, 3.8) is 0 Å². The molecule has 1 aliphatic heterocycles. The van der Waals surface area contributed by atoms with Gasteiger partial charge in [-0.25, -0.2) is 0 Å². The van der Waals surface area contributed by atoms with Crippen LogP contribution in [0.1, 0.15) is 41.6 Å². The lowest BCUT2D eigenvalue weighted by molar-refractivity contribution is 0.0602. The molecule has 2 rings (SSSR count). The predicted octanol–water partition coefficient (Wildman–Crippen LogP) is 2.60. The average molecular weight is 260 g/mol. The SMILES string of the molecule is CNCCC1CCCCN1C(=O)c1ccc(C)cc1. The zero-order valence-corrected chi connectivity index (χ0v) is 12.0. The molecule has 0 radical (unpaired) electrons. The largest absolute Gasteiger partial charge is 0.336 e. The molecule has 1 heterocycles. The average Bonchev–Trinajstić information content (AvgIpc) is 2.45. The molecule has 0 bridgehead atoms. The van der Waals surface area contributed by atoms with Crippen molar-refractivity contribution in [3.8, 4) is 0 Å². The summed E-state index contributed by atoms with van der Waals surface area (Å²) in [5.74, 6) is 0.195. The molecule has 3 heteroatoms.